The monoisotopic (exact) mass is 386 g/mol. The topological polar surface area (TPSA) is 52.2 Å². The van der Waals surface area contributed by atoms with Crippen molar-refractivity contribution in [1.29, 1.82) is 0 Å². The van der Waals surface area contributed by atoms with Gasteiger partial charge in [-0.1, -0.05) is 36.9 Å². The van der Waals surface area contributed by atoms with Gasteiger partial charge in [-0.2, -0.15) is 0 Å². The Morgan fingerprint density at radius 2 is 1.93 bits per heavy atom. The standard InChI is InChI=1S/C19H16F2N4OS/c1-2-9-24-17(26)14-10-13(20)7-8-16(14)25-18(24)22-23-19(25)27-11-12-5-3-4-6-15(12)21/h3-8,10H,2,9,11H2,1H3. The number of nitrogens with zero attached hydrogens (tertiary/aromatic N) is 4. The van der Waals surface area contributed by atoms with Gasteiger partial charge < -0.3 is 0 Å². The number of aromatic nitrogens is 4. The average Bonchev–Trinajstić information content (AvgIpc) is 3.08. The van der Waals surface area contributed by atoms with Crippen LogP contribution in [0.2, 0.25) is 0 Å². The molecule has 0 spiro atoms. The SMILES string of the molecule is CCCn1c(=O)c2cc(F)ccc2n2c(SCc3ccccc3F)nnc12. The Labute approximate surface area is 157 Å². The molecule has 5 nitrogen and oxygen atoms in total. The summed E-state index contributed by atoms with van der Waals surface area (Å²) in [6.45, 7) is 2.40. The van der Waals surface area contributed by atoms with Crippen molar-refractivity contribution in [1.82, 2.24) is 19.2 Å². The van der Waals surface area contributed by atoms with Crippen molar-refractivity contribution in [2.45, 2.75) is 30.8 Å². The quantitative estimate of drug-likeness (QED) is 0.486. The van der Waals surface area contributed by atoms with Gasteiger partial charge in [0.25, 0.3) is 5.56 Å². The van der Waals surface area contributed by atoms with E-state index < -0.39 is 5.82 Å². The first-order valence-electron chi connectivity index (χ1n) is 8.53. The Hall–Kier alpha value is -2.74. The molecule has 2 heterocycles. The van der Waals surface area contributed by atoms with Gasteiger partial charge in [0, 0.05) is 12.3 Å². The van der Waals surface area contributed by atoms with Crippen LogP contribution in [0.15, 0.2) is 52.4 Å². The molecule has 0 bridgehead atoms. The van der Waals surface area contributed by atoms with E-state index in [1.165, 1.54) is 34.5 Å². The Bertz CT molecular complexity index is 1200. The number of rotatable bonds is 5. The largest absolute Gasteiger partial charge is 0.276 e. The molecular formula is C19H16F2N4OS. The smallest absolute Gasteiger partial charge is 0.262 e. The minimum Gasteiger partial charge on any atom is -0.276 e. The normalized spacial score (nSPS) is 11.5. The molecule has 0 saturated heterocycles. The fraction of sp³-hybridized carbons (Fsp3) is 0.211. The lowest BCUT2D eigenvalue weighted by atomic mass is 10.2. The molecule has 0 radical (unpaired) electrons. The number of halogens is 2. The molecule has 0 aliphatic carbocycles. The van der Waals surface area contributed by atoms with Gasteiger partial charge in [0.1, 0.15) is 11.6 Å². The lowest BCUT2D eigenvalue weighted by Crippen LogP contribution is -2.23. The van der Waals surface area contributed by atoms with Crippen LogP contribution in [0.3, 0.4) is 0 Å². The maximum Gasteiger partial charge on any atom is 0.262 e. The predicted molar refractivity (Wildman–Crippen MR) is 101 cm³/mol. The van der Waals surface area contributed by atoms with Crippen LogP contribution in [0.5, 0.6) is 0 Å². The maximum absolute atomic E-state index is 13.9. The van der Waals surface area contributed by atoms with Crippen molar-refractivity contribution in [2.24, 2.45) is 0 Å². The minimum absolute atomic E-state index is 0.267. The van der Waals surface area contributed by atoms with Gasteiger partial charge in [0.15, 0.2) is 5.16 Å². The van der Waals surface area contributed by atoms with Crippen LogP contribution >= 0.6 is 11.8 Å². The van der Waals surface area contributed by atoms with Gasteiger partial charge in [0.05, 0.1) is 10.9 Å². The van der Waals surface area contributed by atoms with Crippen molar-refractivity contribution in [3.05, 3.63) is 70.0 Å². The molecule has 138 valence electrons. The molecule has 0 saturated carbocycles. The predicted octanol–water partition coefficient (Wildman–Crippen LogP) is 4.02. The van der Waals surface area contributed by atoms with Crippen LogP contribution in [0, 0.1) is 11.6 Å². The molecule has 0 fully saturated rings. The van der Waals surface area contributed by atoms with Crippen LogP contribution in [-0.4, -0.2) is 19.2 Å². The minimum atomic E-state index is -0.476. The fourth-order valence-corrected chi connectivity index (χ4v) is 3.96. The molecule has 0 aliphatic heterocycles. The summed E-state index contributed by atoms with van der Waals surface area (Å²) in [5.41, 5.74) is 0.790. The van der Waals surface area contributed by atoms with Crippen LogP contribution in [-0.2, 0) is 12.3 Å². The highest BCUT2D eigenvalue weighted by Crippen LogP contribution is 2.26. The van der Waals surface area contributed by atoms with E-state index in [4.69, 9.17) is 0 Å². The van der Waals surface area contributed by atoms with E-state index in [2.05, 4.69) is 10.2 Å². The fourth-order valence-electron chi connectivity index (χ4n) is 3.04. The van der Waals surface area contributed by atoms with E-state index in [9.17, 15) is 13.6 Å². The summed E-state index contributed by atoms with van der Waals surface area (Å²) in [5.74, 6) is 0.00421. The molecule has 0 N–H and O–H groups in total. The summed E-state index contributed by atoms with van der Waals surface area (Å²) < 4.78 is 30.9. The van der Waals surface area contributed by atoms with Crippen molar-refractivity contribution in [3.8, 4) is 0 Å². The Morgan fingerprint density at radius 1 is 1.11 bits per heavy atom. The second-order valence-corrected chi connectivity index (χ2v) is 7.06. The first-order valence-corrected chi connectivity index (χ1v) is 9.52. The van der Waals surface area contributed by atoms with E-state index in [0.717, 1.165) is 6.42 Å². The summed E-state index contributed by atoms with van der Waals surface area (Å²) >= 11 is 1.32. The third-order valence-corrected chi connectivity index (χ3v) is 5.27. The molecule has 0 unspecified atom stereocenters. The molecule has 2 aromatic heterocycles. The van der Waals surface area contributed by atoms with E-state index in [0.29, 0.717) is 34.3 Å². The van der Waals surface area contributed by atoms with Crippen molar-refractivity contribution in [3.63, 3.8) is 0 Å². The van der Waals surface area contributed by atoms with Gasteiger partial charge in [0.2, 0.25) is 5.78 Å². The van der Waals surface area contributed by atoms with E-state index >= 15 is 0 Å². The number of hydrogen-bond donors (Lipinski definition) is 0. The third kappa shape index (κ3) is 3.10. The summed E-state index contributed by atoms with van der Waals surface area (Å²) in [4.78, 5) is 12.8. The van der Waals surface area contributed by atoms with Crippen LogP contribution < -0.4 is 5.56 Å². The second kappa shape index (κ2) is 7.11. The Kier molecular flexibility index (Phi) is 4.65. The Morgan fingerprint density at radius 3 is 2.70 bits per heavy atom. The summed E-state index contributed by atoms with van der Waals surface area (Å²) in [6, 6.07) is 10.6. The highest BCUT2D eigenvalue weighted by Gasteiger charge is 2.17. The van der Waals surface area contributed by atoms with Crippen LogP contribution in [0.1, 0.15) is 18.9 Å². The first-order chi connectivity index (χ1) is 13.1. The van der Waals surface area contributed by atoms with Crippen molar-refractivity contribution < 1.29 is 8.78 Å². The zero-order chi connectivity index (χ0) is 19.0. The van der Waals surface area contributed by atoms with Gasteiger partial charge >= 0.3 is 0 Å². The van der Waals surface area contributed by atoms with Gasteiger partial charge in [-0.15, -0.1) is 10.2 Å². The number of benzene rings is 2. The molecule has 4 aromatic rings. The molecular weight excluding hydrogens is 370 g/mol. The third-order valence-electron chi connectivity index (χ3n) is 4.29. The molecule has 0 amide bonds. The second-order valence-electron chi connectivity index (χ2n) is 6.12. The average molecular weight is 386 g/mol. The van der Waals surface area contributed by atoms with Gasteiger partial charge in [-0.25, -0.2) is 8.78 Å². The molecule has 4 rings (SSSR count). The van der Waals surface area contributed by atoms with E-state index in [-0.39, 0.29) is 16.8 Å². The van der Waals surface area contributed by atoms with Crippen LogP contribution in [0.25, 0.3) is 16.7 Å². The highest BCUT2D eigenvalue weighted by molar-refractivity contribution is 7.98. The van der Waals surface area contributed by atoms with E-state index in [1.54, 1.807) is 28.7 Å². The van der Waals surface area contributed by atoms with Gasteiger partial charge in [-0.3, -0.25) is 13.8 Å². The summed E-state index contributed by atoms with van der Waals surface area (Å²) in [5, 5.41) is 9.16. The lowest BCUT2D eigenvalue weighted by molar-refractivity contribution is 0.617. The number of fused-ring (bicyclic) bond motifs is 3. The first kappa shape index (κ1) is 17.7. The number of aryl methyl sites for hydroxylation is 1. The number of hydrogen-bond acceptors (Lipinski definition) is 4. The molecule has 2 aromatic carbocycles. The zero-order valence-electron chi connectivity index (χ0n) is 14.5. The van der Waals surface area contributed by atoms with E-state index in [1.807, 2.05) is 6.92 Å². The molecule has 8 heteroatoms. The summed E-state index contributed by atoms with van der Waals surface area (Å²) in [6.07, 6.45) is 0.723. The van der Waals surface area contributed by atoms with Crippen molar-refractivity contribution >= 4 is 28.4 Å². The maximum atomic E-state index is 13.9. The molecule has 0 atom stereocenters. The zero-order valence-corrected chi connectivity index (χ0v) is 15.3. The van der Waals surface area contributed by atoms with Crippen molar-refractivity contribution in [2.75, 3.05) is 0 Å². The molecule has 0 aliphatic rings. The summed E-state index contributed by atoms with van der Waals surface area (Å²) in [7, 11) is 0. The van der Waals surface area contributed by atoms with Gasteiger partial charge in [-0.05, 0) is 36.2 Å². The lowest BCUT2D eigenvalue weighted by Gasteiger charge is -2.10. The molecule has 27 heavy (non-hydrogen) atoms. The Balaban J connectivity index is 1.89. The highest BCUT2D eigenvalue weighted by atomic mass is 32.2. The van der Waals surface area contributed by atoms with Crippen LogP contribution in [0.4, 0.5) is 8.78 Å². The number of thioether (sulfide) groups is 1.